The van der Waals surface area contributed by atoms with Gasteiger partial charge in [0.1, 0.15) is 11.5 Å². The molecule has 0 fully saturated rings. The first kappa shape index (κ1) is 28.7. The lowest BCUT2D eigenvalue weighted by atomic mass is 10.0. The van der Waals surface area contributed by atoms with Crippen molar-refractivity contribution in [2.75, 3.05) is 0 Å². The fourth-order valence-electron chi connectivity index (χ4n) is 4.34. The molecule has 6 aromatic rings. The highest BCUT2D eigenvalue weighted by Crippen LogP contribution is 2.24. The molecular weight excluding hydrogens is 532 g/mol. The van der Waals surface area contributed by atoms with E-state index >= 15 is 0 Å². The van der Waals surface area contributed by atoms with Crippen molar-refractivity contribution >= 4 is 17.3 Å². The second kappa shape index (κ2) is 14.2. The van der Waals surface area contributed by atoms with Gasteiger partial charge in [0.2, 0.25) is 0 Å². The maximum absolute atomic E-state index is 12.5. The molecule has 0 saturated carbocycles. The normalized spacial score (nSPS) is 10.1. The summed E-state index contributed by atoms with van der Waals surface area (Å²) in [5.74, 6) is 1.27. The van der Waals surface area contributed by atoms with Gasteiger partial charge in [-0.2, -0.15) is 0 Å². The summed E-state index contributed by atoms with van der Waals surface area (Å²) < 4.78 is 5.84. The minimum Gasteiger partial charge on any atom is -0.457 e. The highest BCUT2D eigenvalue weighted by Gasteiger charge is 2.11. The molecule has 0 radical (unpaired) electrons. The predicted octanol–water partition coefficient (Wildman–Crippen LogP) is 8.86. The van der Waals surface area contributed by atoms with Crippen molar-refractivity contribution in [2.45, 2.75) is 0 Å². The van der Waals surface area contributed by atoms with Crippen molar-refractivity contribution in [3.63, 3.8) is 0 Å². The van der Waals surface area contributed by atoms with E-state index in [1.807, 2.05) is 97.1 Å². The average molecular weight is 561 g/mol. The lowest BCUT2D eigenvalue weighted by molar-refractivity contribution is 0.103. The SMILES string of the molecule is O=C(c1ccccc1)c1ccc(Oc2ccc(C(=O)c3ccccc3)cc2)cc1.O=C(c1ccccc1)c1ccccc1. The molecule has 0 aliphatic heterocycles. The number of ether oxygens (including phenoxy) is 1. The van der Waals surface area contributed by atoms with Gasteiger partial charge in [-0.1, -0.05) is 121 Å². The number of hydrogen-bond acceptors (Lipinski definition) is 4. The maximum Gasteiger partial charge on any atom is 0.193 e. The van der Waals surface area contributed by atoms with Crippen LogP contribution in [0.1, 0.15) is 47.8 Å². The molecule has 0 unspecified atom stereocenters. The van der Waals surface area contributed by atoms with Gasteiger partial charge in [-0.15, -0.1) is 0 Å². The molecule has 0 aromatic heterocycles. The van der Waals surface area contributed by atoms with Crippen LogP contribution in [0.5, 0.6) is 11.5 Å². The van der Waals surface area contributed by atoms with Crippen LogP contribution in [0.2, 0.25) is 0 Å². The van der Waals surface area contributed by atoms with Gasteiger partial charge in [-0.05, 0) is 48.5 Å². The topological polar surface area (TPSA) is 60.4 Å². The van der Waals surface area contributed by atoms with Crippen LogP contribution >= 0.6 is 0 Å². The zero-order chi connectivity index (χ0) is 29.9. The molecule has 0 saturated heterocycles. The van der Waals surface area contributed by atoms with Gasteiger partial charge in [-0.25, -0.2) is 0 Å². The van der Waals surface area contributed by atoms with Crippen LogP contribution in [-0.4, -0.2) is 17.3 Å². The highest BCUT2D eigenvalue weighted by molar-refractivity contribution is 6.10. The van der Waals surface area contributed by atoms with Crippen molar-refractivity contribution in [2.24, 2.45) is 0 Å². The van der Waals surface area contributed by atoms with Crippen LogP contribution in [-0.2, 0) is 0 Å². The Balaban J connectivity index is 0.000000220. The number of rotatable bonds is 8. The van der Waals surface area contributed by atoms with E-state index in [0.29, 0.717) is 33.8 Å². The fourth-order valence-corrected chi connectivity index (χ4v) is 4.34. The number of carbonyl (C=O) groups excluding carboxylic acids is 3. The van der Waals surface area contributed by atoms with Crippen molar-refractivity contribution in [3.05, 3.63) is 203 Å². The van der Waals surface area contributed by atoms with Crippen molar-refractivity contribution in [1.82, 2.24) is 0 Å². The summed E-state index contributed by atoms with van der Waals surface area (Å²) in [5.41, 5.74) is 3.98. The molecule has 0 aliphatic carbocycles. The summed E-state index contributed by atoms with van der Waals surface area (Å²) >= 11 is 0. The number of carbonyl (C=O) groups is 3. The predicted molar refractivity (Wildman–Crippen MR) is 169 cm³/mol. The van der Waals surface area contributed by atoms with E-state index in [0.717, 1.165) is 11.1 Å². The minimum atomic E-state index is -0.0269. The van der Waals surface area contributed by atoms with Crippen molar-refractivity contribution in [1.29, 1.82) is 0 Å². The molecule has 0 bridgehead atoms. The second-order valence-corrected chi connectivity index (χ2v) is 9.60. The Bertz CT molecular complexity index is 1640. The van der Waals surface area contributed by atoms with E-state index in [1.54, 1.807) is 72.8 Å². The van der Waals surface area contributed by atoms with Gasteiger partial charge in [0, 0.05) is 33.4 Å². The molecule has 0 spiro atoms. The molecule has 0 amide bonds. The summed E-state index contributed by atoms with van der Waals surface area (Å²) in [4.78, 5) is 36.8. The summed E-state index contributed by atoms with van der Waals surface area (Å²) in [6, 6.07) is 51.0. The quantitative estimate of drug-likeness (QED) is 0.175. The lowest BCUT2D eigenvalue weighted by Crippen LogP contribution is -2.01. The molecule has 4 heteroatoms. The van der Waals surface area contributed by atoms with E-state index in [9.17, 15) is 14.4 Å². The third kappa shape index (κ3) is 7.66. The number of hydrogen-bond donors (Lipinski definition) is 0. The van der Waals surface area contributed by atoms with Crippen LogP contribution in [0.4, 0.5) is 0 Å². The van der Waals surface area contributed by atoms with Crippen LogP contribution in [0.3, 0.4) is 0 Å². The first-order valence-electron chi connectivity index (χ1n) is 13.8. The Morgan fingerprint density at radius 1 is 0.279 bits per heavy atom. The van der Waals surface area contributed by atoms with E-state index in [-0.39, 0.29) is 17.3 Å². The molecule has 0 N–H and O–H groups in total. The first-order chi connectivity index (χ1) is 21.1. The van der Waals surface area contributed by atoms with Gasteiger partial charge >= 0.3 is 0 Å². The zero-order valence-electron chi connectivity index (χ0n) is 23.3. The van der Waals surface area contributed by atoms with Gasteiger partial charge in [-0.3, -0.25) is 14.4 Å². The monoisotopic (exact) mass is 560 g/mol. The Morgan fingerprint density at radius 2 is 0.488 bits per heavy atom. The smallest absolute Gasteiger partial charge is 0.193 e. The highest BCUT2D eigenvalue weighted by atomic mass is 16.5. The Labute approximate surface area is 250 Å². The first-order valence-corrected chi connectivity index (χ1v) is 13.8. The third-order valence-corrected chi connectivity index (χ3v) is 6.61. The molecule has 43 heavy (non-hydrogen) atoms. The van der Waals surface area contributed by atoms with Crippen LogP contribution in [0, 0.1) is 0 Å². The number of benzene rings is 6. The minimum absolute atomic E-state index is 0.0269. The summed E-state index contributed by atoms with van der Waals surface area (Å²) in [7, 11) is 0. The molecule has 6 rings (SSSR count). The largest absolute Gasteiger partial charge is 0.457 e. The van der Waals surface area contributed by atoms with Gasteiger partial charge in [0.05, 0.1) is 0 Å². The van der Waals surface area contributed by atoms with E-state index in [1.165, 1.54) is 0 Å². The van der Waals surface area contributed by atoms with Gasteiger partial charge in [0.25, 0.3) is 0 Å². The Hall–Kier alpha value is -5.87. The Morgan fingerprint density at radius 3 is 0.721 bits per heavy atom. The summed E-state index contributed by atoms with van der Waals surface area (Å²) in [6.45, 7) is 0. The third-order valence-electron chi connectivity index (χ3n) is 6.61. The van der Waals surface area contributed by atoms with Crippen LogP contribution in [0.25, 0.3) is 0 Å². The Kier molecular flexibility index (Phi) is 9.43. The second-order valence-electron chi connectivity index (χ2n) is 9.60. The molecule has 208 valence electrons. The summed E-state index contributed by atoms with van der Waals surface area (Å²) in [6.07, 6.45) is 0. The molecule has 0 aliphatic rings. The molecule has 0 atom stereocenters. The molecule has 4 nitrogen and oxygen atoms in total. The van der Waals surface area contributed by atoms with Crippen LogP contribution in [0.15, 0.2) is 170 Å². The average Bonchev–Trinajstić information content (AvgIpc) is 3.10. The van der Waals surface area contributed by atoms with Gasteiger partial charge in [0.15, 0.2) is 17.3 Å². The maximum atomic E-state index is 12.5. The molecule has 6 aromatic carbocycles. The van der Waals surface area contributed by atoms with E-state index < -0.39 is 0 Å². The molecule has 0 heterocycles. The zero-order valence-corrected chi connectivity index (χ0v) is 23.3. The lowest BCUT2D eigenvalue weighted by Gasteiger charge is -2.08. The van der Waals surface area contributed by atoms with E-state index in [4.69, 9.17) is 4.74 Å². The summed E-state index contributed by atoms with van der Waals surface area (Å²) in [5, 5.41) is 0. The van der Waals surface area contributed by atoms with Crippen molar-refractivity contribution < 1.29 is 19.1 Å². The van der Waals surface area contributed by atoms with E-state index in [2.05, 4.69) is 0 Å². The standard InChI is InChI=1S/C26H18O3.C13H10O/c27-25(19-7-3-1-4-8-19)21-11-15-23(16-12-21)29-24-17-13-22(14-18-24)26(28)20-9-5-2-6-10-20;14-13(11-7-3-1-4-8-11)12-9-5-2-6-10-12/h1-18H;1-10H. The fraction of sp³-hybridized carbons (Fsp3) is 0. The van der Waals surface area contributed by atoms with Crippen LogP contribution < -0.4 is 4.74 Å². The number of ketones is 3. The van der Waals surface area contributed by atoms with Gasteiger partial charge < -0.3 is 4.74 Å². The molecular formula is C39H28O4. The van der Waals surface area contributed by atoms with Crippen molar-refractivity contribution in [3.8, 4) is 11.5 Å².